The third-order valence-corrected chi connectivity index (χ3v) is 8.29. The van der Waals surface area contributed by atoms with Crippen molar-refractivity contribution < 1.29 is 23.9 Å². The molecule has 0 spiro atoms. The van der Waals surface area contributed by atoms with E-state index in [2.05, 4.69) is 36.3 Å². The number of anilines is 3. The zero-order chi connectivity index (χ0) is 35.7. The molecule has 0 saturated heterocycles. The lowest BCUT2D eigenvalue weighted by molar-refractivity contribution is -0.131. The summed E-state index contributed by atoms with van der Waals surface area (Å²) in [6.45, 7) is 19.3. The van der Waals surface area contributed by atoms with Crippen molar-refractivity contribution in [2.75, 3.05) is 35.2 Å². The lowest BCUT2D eigenvalue weighted by atomic mass is 9.86. The number of aryl methyl sites for hydroxylation is 1. The van der Waals surface area contributed by atoms with Crippen LogP contribution in [0.15, 0.2) is 30.3 Å². The molecule has 1 heterocycles. The summed E-state index contributed by atoms with van der Waals surface area (Å²) in [5, 5.41) is 6.04. The van der Waals surface area contributed by atoms with Gasteiger partial charge in [-0.25, -0.2) is 9.78 Å². The van der Waals surface area contributed by atoms with E-state index >= 15 is 0 Å². The molecule has 0 aliphatic rings. The number of hydrogen-bond donors (Lipinski definition) is 2. The van der Waals surface area contributed by atoms with Crippen LogP contribution >= 0.6 is 0 Å². The molecule has 2 N–H and O–H groups in total. The van der Waals surface area contributed by atoms with Crippen LogP contribution in [-0.2, 0) is 14.3 Å². The van der Waals surface area contributed by atoms with Gasteiger partial charge < -0.3 is 25.0 Å². The third-order valence-electron chi connectivity index (χ3n) is 8.29. The molecule has 1 aromatic heterocycles. The number of aromatic nitrogens is 1. The van der Waals surface area contributed by atoms with Crippen LogP contribution in [0.1, 0.15) is 136 Å². The number of amides is 1. The molecule has 0 fully saturated rings. The van der Waals surface area contributed by atoms with E-state index in [-0.39, 0.29) is 11.9 Å². The second-order valence-corrected chi connectivity index (χ2v) is 13.9. The van der Waals surface area contributed by atoms with Gasteiger partial charge in [-0.05, 0) is 71.4 Å². The van der Waals surface area contributed by atoms with E-state index in [0.717, 1.165) is 38.2 Å². The fraction of sp³-hybridized carbons (Fsp3) is 0.641. The zero-order valence-corrected chi connectivity index (χ0v) is 31.2. The van der Waals surface area contributed by atoms with E-state index in [0.29, 0.717) is 35.0 Å². The molecule has 1 unspecified atom stereocenters. The fourth-order valence-electron chi connectivity index (χ4n) is 5.42. The van der Waals surface area contributed by atoms with Gasteiger partial charge in [0.15, 0.2) is 11.8 Å². The second kappa shape index (κ2) is 20.7. The maximum Gasteiger partial charge on any atom is 0.338 e. The van der Waals surface area contributed by atoms with Crippen molar-refractivity contribution in [1.29, 1.82) is 0 Å². The van der Waals surface area contributed by atoms with Gasteiger partial charge in [0.05, 0.1) is 35.3 Å². The van der Waals surface area contributed by atoms with Crippen LogP contribution in [0.2, 0.25) is 0 Å². The number of carbonyl (C=O) groups excluding carboxylic acids is 3. The minimum absolute atomic E-state index is 0.182. The van der Waals surface area contributed by atoms with Crippen molar-refractivity contribution in [3.05, 3.63) is 41.6 Å². The molecule has 0 radical (unpaired) electrons. The summed E-state index contributed by atoms with van der Waals surface area (Å²) < 4.78 is 11.5. The number of ketones is 1. The van der Waals surface area contributed by atoms with E-state index in [4.69, 9.17) is 14.5 Å². The van der Waals surface area contributed by atoms with Gasteiger partial charge in [-0.1, -0.05) is 85.5 Å². The van der Waals surface area contributed by atoms with Gasteiger partial charge in [0, 0.05) is 18.5 Å². The number of ether oxygens (including phenoxy) is 2. The zero-order valence-electron chi connectivity index (χ0n) is 31.2. The molecule has 0 bridgehead atoms. The standard InChI is InChI=1S/C39H62N4O5/c1-10-13-14-15-16-17-18-19-20-21-26-47-38(46)30-22-24-33(48-28(4)5)32(27-30)42-37(45)35(36(44)39(7,8)9)41-31-23-25-34(40-29(31)6)43(11-2)12-3/h22-25,27-28,35,41H,10-21,26H2,1-9H3,(H,42,45). The van der Waals surface area contributed by atoms with Crippen LogP contribution in [0.3, 0.4) is 0 Å². The average molecular weight is 667 g/mol. The van der Waals surface area contributed by atoms with E-state index < -0.39 is 23.3 Å². The molecule has 1 aromatic carbocycles. The Bertz CT molecular complexity index is 1300. The molecule has 9 nitrogen and oxygen atoms in total. The first kappa shape index (κ1) is 40.6. The van der Waals surface area contributed by atoms with Crippen LogP contribution < -0.4 is 20.3 Å². The molecule has 2 rings (SSSR count). The Morgan fingerprint density at radius 3 is 1.98 bits per heavy atom. The number of carbonyl (C=O) groups is 3. The van der Waals surface area contributed by atoms with Crippen molar-refractivity contribution in [2.24, 2.45) is 5.41 Å². The van der Waals surface area contributed by atoms with Crippen molar-refractivity contribution in [1.82, 2.24) is 4.98 Å². The van der Waals surface area contributed by atoms with Crippen molar-refractivity contribution >= 4 is 34.9 Å². The van der Waals surface area contributed by atoms with E-state index in [1.807, 2.05) is 32.9 Å². The van der Waals surface area contributed by atoms with Crippen molar-refractivity contribution in [3.8, 4) is 5.75 Å². The first-order chi connectivity index (χ1) is 22.8. The van der Waals surface area contributed by atoms with Gasteiger partial charge in [0.2, 0.25) is 0 Å². The maximum atomic E-state index is 13.9. The maximum absolute atomic E-state index is 13.9. The summed E-state index contributed by atoms with van der Waals surface area (Å²) >= 11 is 0. The molecule has 1 atom stereocenters. The van der Waals surface area contributed by atoms with Crippen LogP contribution in [-0.4, -0.2) is 54.5 Å². The minimum Gasteiger partial charge on any atom is -0.489 e. The Balaban J connectivity index is 2.16. The highest BCUT2D eigenvalue weighted by Gasteiger charge is 2.35. The summed E-state index contributed by atoms with van der Waals surface area (Å²) in [6.07, 6.45) is 11.8. The second-order valence-electron chi connectivity index (χ2n) is 13.9. The predicted molar refractivity (Wildman–Crippen MR) is 197 cm³/mol. The molecule has 268 valence electrons. The molecule has 9 heteroatoms. The molecule has 0 saturated carbocycles. The van der Waals surface area contributed by atoms with Crippen LogP contribution in [0, 0.1) is 12.3 Å². The normalized spacial score (nSPS) is 12.0. The molecular formula is C39H62N4O5. The highest BCUT2D eigenvalue weighted by Crippen LogP contribution is 2.29. The topological polar surface area (TPSA) is 110 Å². The van der Waals surface area contributed by atoms with Crippen LogP contribution in [0.4, 0.5) is 17.2 Å². The predicted octanol–water partition coefficient (Wildman–Crippen LogP) is 9.14. The fourth-order valence-corrected chi connectivity index (χ4v) is 5.42. The Kier molecular flexibility index (Phi) is 17.5. The lowest BCUT2D eigenvalue weighted by Crippen LogP contribution is -2.46. The lowest BCUT2D eigenvalue weighted by Gasteiger charge is -2.27. The van der Waals surface area contributed by atoms with Gasteiger partial charge in [0.1, 0.15) is 11.6 Å². The smallest absolute Gasteiger partial charge is 0.338 e. The molecule has 48 heavy (non-hydrogen) atoms. The number of esters is 1. The van der Waals surface area contributed by atoms with Crippen molar-refractivity contribution in [3.63, 3.8) is 0 Å². The van der Waals surface area contributed by atoms with Gasteiger partial charge in [-0.15, -0.1) is 0 Å². The third kappa shape index (κ3) is 13.5. The Hall–Kier alpha value is -3.62. The monoisotopic (exact) mass is 666 g/mol. The average Bonchev–Trinajstić information content (AvgIpc) is 3.03. The largest absolute Gasteiger partial charge is 0.489 e. The summed E-state index contributed by atoms with van der Waals surface area (Å²) in [5.41, 5.74) is 1.05. The first-order valence-electron chi connectivity index (χ1n) is 18.1. The molecule has 0 aliphatic heterocycles. The molecule has 2 aromatic rings. The highest BCUT2D eigenvalue weighted by molar-refractivity contribution is 6.15. The quantitative estimate of drug-likeness (QED) is 0.0728. The Morgan fingerprint density at radius 2 is 1.44 bits per heavy atom. The minimum atomic E-state index is -1.22. The number of nitrogens with zero attached hydrogens (tertiary/aromatic N) is 2. The summed E-state index contributed by atoms with van der Waals surface area (Å²) in [5.74, 6) is -0.0864. The highest BCUT2D eigenvalue weighted by atomic mass is 16.5. The van der Waals surface area contributed by atoms with E-state index in [1.54, 1.807) is 39.0 Å². The number of Topliss-reactive ketones (excluding diaryl/α,β-unsaturated/α-hetero) is 1. The number of pyridine rings is 1. The van der Waals surface area contributed by atoms with Gasteiger partial charge in [-0.2, -0.15) is 0 Å². The summed E-state index contributed by atoms with van der Waals surface area (Å²) in [7, 11) is 0. The Morgan fingerprint density at radius 1 is 0.833 bits per heavy atom. The number of rotatable bonds is 22. The number of unbranched alkanes of at least 4 members (excludes halogenated alkanes) is 9. The Labute approximate surface area is 289 Å². The first-order valence-corrected chi connectivity index (χ1v) is 18.1. The number of benzene rings is 1. The number of nitrogens with one attached hydrogen (secondary N) is 2. The van der Waals surface area contributed by atoms with Crippen molar-refractivity contribution in [2.45, 2.75) is 139 Å². The van der Waals surface area contributed by atoms with Gasteiger partial charge in [0.25, 0.3) is 5.91 Å². The van der Waals surface area contributed by atoms with E-state index in [1.165, 1.54) is 44.9 Å². The SMILES string of the molecule is CCCCCCCCCCCCOC(=O)c1ccc(OC(C)C)c(NC(=O)C(Nc2ccc(N(CC)CC)nc2C)C(=O)C(C)(C)C)c1. The summed E-state index contributed by atoms with van der Waals surface area (Å²) in [6, 6.07) is 7.37. The van der Waals surface area contributed by atoms with Crippen LogP contribution in [0.25, 0.3) is 0 Å². The van der Waals surface area contributed by atoms with Crippen LogP contribution in [0.5, 0.6) is 5.75 Å². The number of hydrogen-bond acceptors (Lipinski definition) is 8. The van der Waals surface area contributed by atoms with E-state index in [9.17, 15) is 14.4 Å². The van der Waals surface area contributed by atoms with Gasteiger partial charge >= 0.3 is 5.97 Å². The summed E-state index contributed by atoms with van der Waals surface area (Å²) in [4.78, 5) is 47.4. The molecular weight excluding hydrogens is 604 g/mol. The van der Waals surface area contributed by atoms with Gasteiger partial charge in [-0.3, -0.25) is 9.59 Å². The molecule has 0 aliphatic carbocycles. The molecule has 1 amide bonds.